The summed E-state index contributed by atoms with van der Waals surface area (Å²) in [5, 5.41) is 16.8. The van der Waals surface area contributed by atoms with Crippen LogP contribution in [0, 0.1) is 0 Å². The van der Waals surface area contributed by atoms with Gasteiger partial charge in [0, 0.05) is 29.4 Å². The zero-order valence-corrected chi connectivity index (χ0v) is 17.2. The maximum atomic E-state index is 6.09. The van der Waals surface area contributed by atoms with Gasteiger partial charge in [0.15, 0.2) is 0 Å². The quantitative estimate of drug-likeness (QED) is 0.412. The molecule has 0 bridgehead atoms. The number of tetrazole rings is 1. The summed E-state index contributed by atoms with van der Waals surface area (Å²) in [7, 11) is 0. The molecule has 1 heterocycles. The predicted molar refractivity (Wildman–Crippen MR) is 111 cm³/mol. The van der Waals surface area contributed by atoms with Crippen LogP contribution < -0.4 is 10.1 Å². The number of rotatable bonds is 9. The van der Waals surface area contributed by atoms with Crippen LogP contribution in [0.4, 0.5) is 0 Å². The molecule has 6 nitrogen and oxygen atoms in total. The molecule has 0 saturated heterocycles. The minimum absolute atomic E-state index is 0. The number of aromatic nitrogens is 4. The van der Waals surface area contributed by atoms with Crippen LogP contribution in [0.2, 0.25) is 5.02 Å². The molecule has 3 aromatic rings. The molecular weight excluding hydrogens is 405 g/mol. The van der Waals surface area contributed by atoms with Crippen LogP contribution in [0.25, 0.3) is 5.69 Å². The maximum Gasteiger partial charge on any atom is 0.214 e. The highest BCUT2D eigenvalue weighted by Crippen LogP contribution is 2.23. The van der Waals surface area contributed by atoms with Crippen LogP contribution in [-0.4, -0.2) is 39.1 Å². The topological polar surface area (TPSA) is 64.9 Å². The summed E-state index contributed by atoms with van der Waals surface area (Å²) in [6.07, 6.45) is 0. The fraction of sp³-hybridized carbons (Fsp3) is 0.278. The van der Waals surface area contributed by atoms with Crippen molar-refractivity contribution in [3.05, 3.63) is 59.1 Å². The van der Waals surface area contributed by atoms with Crippen molar-refractivity contribution in [2.45, 2.75) is 18.6 Å². The number of halogens is 2. The molecule has 2 aromatic carbocycles. The summed E-state index contributed by atoms with van der Waals surface area (Å²) in [4.78, 5) is 0. The zero-order chi connectivity index (χ0) is 18.2. The lowest BCUT2D eigenvalue weighted by molar-refractivity contribution is 0.335. The van der Waals surface area contributed by atoms with Crippen molar-refractivity contribution in [1.82, 2.24) is 25.5 Å². The number of ether oxygens (including phenoxy) is 1. The molecule has 144 valence electrons. The van der Waals surface area contributed by atoms with Gasteiger partial charge in [-0.2, -0.15) is 4.68 Å². The monoisotopic (exact) mass is 425 g/mol. The third-order valence-corrected chi connectivity index (χ3v) is 4.75. The largest absolute Gasteiger partial charge is 0.494 e. The number of benzene rings is 2. The molecule has 0 unspecified atom stereocenters. The van der Waals surface area contributed by atoms with Crippen molar-refractivity contribution in [3.8, 4) is 11.4 Å². The molecule has 0 amide bonds. The number of nitrogens with zero attached hydrogens (tertiary/aromatic N) is 4. The number of para-hydroxylation sites is 1. The standard InChI is InChI=1S/C18H20ClN5OS.ClH/c1-2-25-17-9-8-15(19)12-14(17)13-20-10-11-26-18-21-22-23-24(18)16-6-4-3-5-7-16;/h3-9,12,20H,2,10-11,13H2,1H3;1H. The smallest absolute Gasteiger partial charge is 0.214 e. The minimum atomic E-state index is 0. The molecule has 0 aliphatic rings. The van der Waals surface area contributed by atoms with E-state index in [1.807, 2.05) is 55.5 Å². The molecule has 1 aromatic heterocycles. The third kappa shape index (κ3) is 6.10. The first kappa shape index (κ1) is 21.5. The number of hydrogen-bond acceptors (Lipinski definition) is 6. The van der Waals surface area contributed by atoms with E-state index >= 15 is 0 Å². The second-order valence-corrected chi connectivity index (χ2v) is 6.92. The van der Waals surface area contributed by atoms with Crippen molar-refractivity contribution in [3.63, 3.8) is 0 Å². The molecule has 0 atom stereocenters. The highest BCUT2D eigenvalue weighted by Gasteiger charge is 2.08. The first-order valence-corrected chi connectivity index (χ1v) is 9.73. The molecule has 0 aliphatic carbocycles. The van der Waals surface area contributed by atoms with Crippen molar-refractivity contribution in [2.24, 2.45) is 0 Å². The highest BCUT2D eigenvalue weighted by molar-refractivity contribution is 7.99. The van der Waals surface area contributed by atoms with Crippen LogP contribution in [0.1, 0.15) is 12.5 Å². The SMILES string of the molecule is CCOc1ccc(Cl)cc1CNCCSc1nnnn1-c1ccccc1.Cl. The highest BCUT2D eigenvalue weighted by atomic mass is 35.5. The number of thioether (sulfide) groups is 1. The van der Waals surface area contributed by atoms with Gasteiger partial charge >= 0.3 is 0 Å². The summed E-state index contributed by atoms with van der Waals surface area (Å²) in [5.74, 6) is 1.71. The molecule has 0 fully saturated rings. The Labute approximate surface area is 174 Å². The zero-order valence-electron chi connectivity index (χ0n) is 14.8. The summed E-state index contributed by atoms with van der Waals surface area (Å²) in [6, 6.07) is 15.5. The fourth-order valence-corrected chi connectivity index (χ4v) is 3.40. The molecule has 27 heavy (non-hydrogen) atoms. The molecule has 0 aliphatic heterocycles. The Bertz CT molecular complexity index is 832. The summed E-state index contributed by atoms with van der Waals surface area (Å²) in [6.45, 7) is 4.11. The van der Waals surface area contributed by atoms with Gasteiger partial charge in [-0.15, -0.1) is 17.5 Å². The van der Waals surface area contributed by atoms with Crippen LogP contribution in [0.3, 0.4) is 0 Å². The van der Waals surface area contributed by atoms with Crippen molar-refractivity contribution < 1.29 is 4.74 Å². The Morgan fingerprint density at radius 2 is 2.00 bits per heavy atom. The first-order valence-electron chi connectivity index (χ1n) is 8.36. The van der Waals surface area contributed by atoms with Gasteiger partial charge in [0.05, 0.1) is 12.3 Å². The van der Waals surface area contributed by atoms with Gasteiger partial charge in [-0.25, -0.2) is 0 Å². The predicted octanol–water partition coefficient (Wildman–Crippen LogP) is 4.02. The van der Waals surface area contributed by atoms with E-state index < -0.39 is 0 Å². The molecule has 1 N–H and O–H groups in total. The summed E-state index contributed by atoms with van der Waals surface area (Å²) < 4.78 is 7.38. The lowest BCUT2D eigenvalue weighted by Gasteiger charge is -2.11. The van der Waals surface area contributed by atoms with Gasteiger partial charge in [-0.3, -0.25) is 0 Å². The third-order valence-electron chi connectivity index (χ3n) is 3.59. The number of nitrogens with one attached hydrogen (secondary N) is 1. The maximum absolute atomic E-state index is 6.09. The van der Waals surface area contributed by atoms with E-state index in [0.29, 0.717) is 18.2 Å². The van der Waals surface area contributed by atoms with Gasteiger partial charge in [0.1, 0.15) is 5.75 Å². The molecule has 0 saturated carbocycles. The lowest BCUT2D eigenvalue weighted by atomic mass is 10.2. The summed E-state index contributed by atoms with van der Waals surface area (Å²) >= 11 is 7.70. The van der Waals surface area contributed by atoms with Crippen LogP contribution >= 0.6 is 35.8 Å². The Kier molecular flexibility index (Phi) is 8.87. The van der Waals surface area contributed by atoms with E-state index in [0.717, 1.165) is 34.5 Å². The van der Waals surface area contributed by atoms with Crippen LogP contribution in [0.5, 0.6) is 5.75 Å². The fourth-order valence-electron chi connectivity index (χ4n) is 2.42. The minimum Gasteiger partial charge on any atom is -0.494 e. The van der Waals surface area contributed by atoms with E-state index in [1.165, 1.54) is 0 Å². The second kappa shape index (κ2) is 11.1. The van der Waals surface area contributed by atoms with Gasteiger partial charge in [0.25, 0.3) is 0 Å². The van der Waals surface area contributed by atoms with E-state index in [-0.39, 0.29) is 12.4 Å². The molecular formula is C18H21Cl2N5OS. The Morgan fingerprint density at radius 3 is 2.78 bits per heavy atom. The molecule has 0 spiro atoms. The van der Waals surface area contributed by atoms with Gasteiger partial charge < -0.3 is 10.1 Å². The second-order valence-electron chi connectivity index (χ2n) is 5.42. The molecule has 9 heteroatoms. The van der Waals surface area contributed by atoms with Crippen molar-refractivity contribution >= 4 is 35.8 Å². The molecule has 0 radical (unpaired) electrons. The average molecular weight is 426 g/mol. The normalized spacial score (nSPS) is 10.4. The number of hydrogen-bond donors (Lipinski definition) is 1. The summed E-state index contributed by atoms with van der Waals surface area (Å²) in [5.41, 5.74) is 2.01. The van der Waals surface area contributed by atoms with Gasteiger partial charge in [-0.05, 0) is 47.7 Å². The average Bonchev–Trinajstić information content (AvgIpc) is 3.13. The first-order chi connectivity index (χ1) is 12.8. The van der Waals surface area contributed by atoms with E-state index in [1.54, 1.807) is 16.4 Å². The van der Waals surface area contributed by atoms with Gasteiger partial charge in [-0.1, -0.05) is 41.6 Å². The van der Waals surface area contributed by atoms with Crippen molar-refractivity contribution in [2.75, 3.05) is 18.9 Å². The lowest BCUT2D eigenvalue weighted by Crippen LogP contribution is -2.17. The van der Waals surface area contributed by atoms with Crippen LogP contribution in [0.15, 0.2) is 53.7 Å². The van der Waals surface area contributed by atoms with Gasteiger partial charge in [0.2, 0.25) is 5.16 Å². The van der Waals surface area contributed by atoms with E-state index in [4.69, 9.17) is 16.3 Å². The Balaban J connectivity index is 0.00000261. The van der Waals surface area contributed by atoms with E-state index in [2.05, 4.69) is 20.8 Å². The van der Waals surface area contributed by atoms with E-state index in [9.17, 15) is 0 Å². The molecule has 3 rings (SSSR count). The van der Waals surface area contributed by atoms with Crippen LogP contribution in [-0.2, 0) is 6.54 Å². The Morgan fingerprint density at radius 1 is 1.19 bits per heavy atom. The van der Waals surface area contributed by atoms with Crippen molar-refractivity contribution in [1.29, 1.82) is 0 Å². The Hall–Kier alpha value is -1.80.